The Morgan fingerprint density at radius 1 is 1.30 bits per heavy atom. The molecule has 0 aliphatic rings. The molecule has 0 radical (unpaired) electrons. The van der Waals surface area contributed by atoms with Crippen molar-refractivity contribution in [2.75, 3.05) is 34.0 Å². The summed E-state index contributed by atoms with van der Waals surface area (Å²) in [5.74, 6) is -0.559. The summed E-state index contributed by atoms with van der Waals surface area (Å²) in [6, 6.07) is 7.65. The molecule has 0 aliphatic carbocycles. The van der Waals surface area contributed by atoms with Gasteiger partial charge in [0.15, 0.2) is 0 Å². The van der Waals surface area contributed by atoms with E-state index in [4.69, 9.17) is 14.6 Å². The number of hydrogen-bond donors (Lipinski definition) is 2. The number of ether oxygens (including phenoxy) is 3. The van der Waals surface area contributed by atoms with Crippen LogP contribution in [0.4, 0.5) is 0 Å². The summed E-state index contributed by atoms with van der Waals surface area (Å²) in [6.45, 7) is -0.149. The van der Waals surface area contributed by atoms with Crippen LogP contribution in [0.5, 0.6) is 5.75 Å². The minimum atomic E-state index is -4.00. The molecule has 2 N–H and O–H groups in total. The second-order valence-electron chi connectivity index (χ2n) is 5.31. The van der Waals surface area contributed by atoms with Crippen molar-refractivity contribution in [3.63, 3.8) is 0 Å². The van der Waals surface area contributed by atoms with Crippen molar-refractivity contribution in [1.29, 1.82) is 0 Å². The van der Waals surface area contributed by atoms with Crippen molar-refractivity contribution in [3.8, 4) is 5.75 Å². The second kappa shape index (κ2) is 9.81. The second-order valence-corrected chi connectivity index (χ2v) is 8.02. The Labute approximate surface area is 161 Å². The van der Waals surface area contributed by atoms with Crippen LogP contribution in [0.25, 0.3) is 0 Å². The van der Waals surface area contributed by atoms with Gasteiger partial charge in [0, 0.05) is 11.4 Å². The monoisotopic (exact) mass is 415 g/mol. The zero-order valence-electron chi connectivity index (χ0n) is 14.9. The molecule has 1 aromatic heterocycles. The molecule has 1 heterocycles. The van der Waals surface area contributed by atoms with Crippen molar-refractivity contribution in [3.05, 3.63) is 46.2 Å². The first kappa shape index (κ1) is 21.3. The number of sulfonamides is 1. The van der Waals surface area contributed by atoms with E-state index >= 15 is 0 Å². The molecule has 0 amide bonds. The molecule has 1 aromatic carbocycles. The summed E-state index contributed by atoms with van der Waals surface area (Å²) in [6.07, 6.45) is -0.554. The fraction of sp³-hybridized carbons (Fsp3) is 0.353. The van der Waals surface area contributed by atoms with Crippen LogP contribution in [-0.4, -0.2) is 53.5 Å². The Hall–Kier alpha value is -1.98. The molecular weight excluding hydrogens is 394 g/mol. The van der Waals surface area contributed by atoms with Crippen LogP contribution in [-0.2, 0) is 19.5 Å². The predicted molar refractivity (Wildman–Crippen MR) is 99.6 cm³/mol. The minimum Gasteiger partial charge on any atom is -0.495 e. The van der Waals surface area contributed by atoms with Crippen LogP contribution in [0.1, 0.15) is 21.3 Å². The van der Waals surface area contributed by atoms with E-state index in [0.717, 1.165) is 4.88 Å². The molecule has 10 heteroatoms. The number of hydrogen-bond acceptors (Lipinski definition) is 8. The number of aliphatic hydroxyl groups is 1. The Balaban J connectivity index is 2.25. The van der Waals surface area contributed by atoms with E-state index in [1.807, 2.05) is 17.5 Å². The molecule has 0 aliphatic heterocycles. The predicted octanol–water partition coefficient (Wildman–Crippen LogP) is 1.57. The third-order valence-corrected chi connectivity index (χ3v) is 6.01. The maximum Gasteiger partial charge on any atom is 0.337 e. The lowest BCUT2D eigenvalue weighted by molar-refractivity contribution is 0.0328. The highest BCUT2D eigenvalue weighted by atomic mass is 32.2. The van der Waals surface area contributed by atoms with Gasteiger partial charge in [-0.05, 0) is 29.6 Å². The molecule has 1 atom stereocenters. The van der Waals surface area contributed by atoms with Crippen molar-refractivity contribution >= 4 is 27.3 Å². The zero-order valence-corrected chi connectivity index (χ0v) is 16.5. The van der Waals surface area contributed by atoms with E-state index in [2.05, 4.69) is 9.46 Å². The van der Waals surface area contributed by atoms with E-state index in [1.165, 1.54) is 43.8 Å². The van der Waals surface area contributed by atoms with Gasteiger partial charge >= 0.3 is 5.97 Å². The molecule has 148 valence electrons. The van der Waals surface area contributed by atoms with Crippen LogP contribution in [0.15, 0.2) is 40.6 Å². The van der Waals surface area contributed by atoms with E-state index in [0.29, 0.717) is 0 Å². The number of benzene rings is 1. The average Bonchev–Trinajstić information content (AvgIpc) is 3.21. The summed E-state index contributed by atoms with van der Waals surface area (Å²) in [5, 5.41) is 10.8. The van der Waals surface area contributed by atoms with Gasteiger partial charge in [0.2, 0.25) is 10.0 Å². The Kier molecular flexibility index (Phi) is 7.75. The van der Waals surface area contributed by atoms with Gasteiger partial charge in [-0.2, -0.15) is 0 Å². The lowest BCUT2D eigenvalue weighted by atomic mass is 10.2. The molecular formula is C17H21NO7S2. The number of esters is 1. The highest BCUT2D eigenvalue weighted by Gasteiger charge is 2.24. The first-order chi connectivity index (χ1) is 12.9. The molecule has 2 aromatic rings. The fourth-order valence-corrected chi connectivity index (χ4v) is 4.30. The maximum absolute atomic E-state index is 12.8. The summed E-state index contributed by atoms with van der Waals surface area (Å²) in [5.41, 5.74) is 0.0880. The first-order valence-corrected chi connectivity index (χ1v) is 10.3. The third-order valence-electron chi connectivity index (χ3n) is 3.60. The summed E-state index contributed by atoms with van der Waals surface area (Å²) in [4.78, 5) is 12.4. The largest absolute Gasteiger partial charge is 0.495 e. The van der Waals surface area contributed by atoms with E-state index < -0.39 is 22.1 Å². The van der Waals surface area contributed by atoms with Crippen LogP contribution in [0, 0.1) is 0 Å². The smallest absolute Gasteiger partial charge is 0.337 e. The summed E-state index contributed by atoms with van der Waals surface area (Å²) in [7, 11) is -1.45. The highest BCUT2D eigenvalue weighted by molar-refractivity contribution is 7.89. The minimum absolute atomic E-state index is 0.0472. The van der Waals surface area contributed by atoms with Gasteiger partial charge in [0.05, 0.1) is 33.0 Å². The Morgan fingerprint density at radius 3 is 2.67 bits per heavy atom. The first-order valence-electron chi connectivity index (χ1n) is 7.94. The molecule has 2 rings (SSSR count). The lowest BCUT2D eigenvalue weighted by Crippen LogP contribution is -2.30. The highest BCUT2D eigenvalue weighted by Crippen LogP contribution is 2.27. The third kappa shape index (κ3) is 5.50. The molecule has 8 nitrogen and oxygen atoms in total. The van der Waals surface area contributed by atoms with Crippen molar-refractivity contribution < 1.29 is 32.5 Å². The molecule has 0 saturated carbocycles. The van der Waals surface area contributed by atoms with Crippen LogP contribution < -0.4 is 9.46 Å². The lowest BCUT2D eigenvalue weighted by Gasteiger charge is -2.18. The number of carbonyl (C=O) groups excluding carboxylic acids is 1. The molecule has 0 fully saturated rings. The molecule has 0 bridgehead atoms. The quantitative estimate of drug-likeness (QED) is 0.567. The van der Waals surface area contributed by atoms with Crippen LogP contribution in [0.3, 0.4) is 0 Å². The van der Waals surface area contributed by atoms with Gasteiger partial charge in [-0.3, -0.25) is 0 Å². The number of aliphatic hydroxyl groups excluding tert-OH is 1. The van der Waals surface area contributed by atoms with Crippen molar-refractivity contribution in [2.45, 2.75) is 11.0 Å². The van der Waals surface area contributed by atoms with Gasteiger partial charge in [0.1, 0.15) is 16.7 Å². The standard InChI is InChI=1S/C17H21NO7S2/c1-23-13-6-5-12(17(20)24-2)10-16(13)27(21,22)18-11-14(25-8-7-19)15-4-3-9-26-15/h3-6,9-10,14,18-19H,7-8,11H2,1-2H3/t14-/m0/s1. The maximum atomic E-state index is 12.8. The van der Waals surface area contributed by atoms with Gasteiger partial charge in [0.25, 0.3) is 0 Å². The van der Waals surface area contributed by atoms with E-state index in [1.54, 1.807) is 0 Å². The summed E-state index contributed by atoms with van der Waals surface area (Å²) < 4.78 is 43.3. The van der Waals surface area contributed by atoms with Crippen molar-refractivity contribution in [1.82, 2.24) is 4.72 Å². The van der Waals surface area contributed by atoms with Gasteiger partial charge in [-0.15, -0.1) is 11.3 Å². The number of thiophene rings is 1. The van der Waals surface area contributed by atoms with Crippen molar-refractivity contribution in [2.24, 2.45) is 0 Å². The summed E-state index contributed by atoms with van der Waals surface area (Å²) >= 11 is 1.42. The van der Waals surface area contributed by atoms with E-state index in [-0.39, 0.29) is 36.0 Å². The van der Waals surface area contributed by atoms with E-state index in [9.17, 15) is 13.2 Å². The fourth-order valence-electron chi connectivity index (χ4n) is 2.31. The molecule has 0 saturated heterocycles. The normalized spacial score (nSPS) is 12.6. The van der Waals surface area contributed by atoms with Gasteiger partial charge in [-0.25, -0.2) is 17.9 Å². The molecule has 27 heavy (non-hydrogen) atoms. The topological polar surface area (TPSA) is 111 Å². The van der Waals surface area contributed by atoms with Crippen LogP contribution in [0.2, 0.25) is 0 Å². The number of carbonyl (C=O) groups is 1. The average molecular weight is 415 g/mol. The van der Waals surface area contributed by atoms with Crippen LogP contribution >= 0.6 is 11.3 Å². The molecule has 0 spiro atoms. The van der Waals surface area contributed by atoms with Gasteiger partial charge in [-0.1, -0.05) is 6.07 Å². The zero-order chi connectivity index (χ0) is 19.9. The molecule has 0 unspecified atom stereocenters. The SMILES string of the molecule is COC(=O)c1ccc(OC)c(S(=O)(=O)NC[C@H](OCCO)c2cccs2)c1. The van der Waals surface area contributed by atoms with Gasteiger partial charge < -0.3 is 19.3 Å². The Morgan fingerprint density at radius 2 is 2.07 bits per heavy atom. The number of nitrogens with one attached hydrogen (secondary N) is 1. The number of rotatable bonds is 10. The number of methoxy groups -OCH3 is 2. The Bertz CT molecular complexity index is 850.